The smallest absolute Gasteiger partial charge is 0.337 e. The highest BCUT2D eigenvalue weighted by Gasteiger charge is 2.17. The zero-order chi connectivity index (χ0) is 12.8. The molecule has 0 spiro atoms. The Kier molecular flexibility index (Phi) is 5.12. The second-order valence-corrected chi connectivity index (χ2v) is 3.99. The zero-order valence-corrected chi connectivity index (χ0v) is 9.85. The van der Waals surface area contributed by atoms with E-state index in [9.17, 15) is 14.7 Å². The van der Waals surface area contributed by atoms with E-state index in [-0.39, 0.29) is 5.56 Å². The molecule has 4 nitrogen and oxygen atoms in total. The number of carboxylic acids is 1. The lowest BCUT2D eigenvalue weighted by Gasteiger charge is -2.10. The monoisotopic (exact) mass is 256 g/mol. The van der Waals surface area contributed by atoms with E-state index in [2.05, 4.69) is 0 Å². The highest BCUT2D eigenvalue weighted by atomic mass is 35.5. The van der Waals surface area contributed by atoms with Crippen molar-refractivity contribution in [1.82, 2.24) is 0 Å². The van der Waals surface area contributed by atoms with Crippen LogP contribution in [0.3, 0.4) is 0 Å². The average molecular weight is 257 g/mol. The Morgan fingerprint density at radius 1 is 1.47 bits per heavy atom. The van der Waals surface area contributed by atoms with Gasteiger partial charge in [0.15, 0.2) is 6.10 Å². The highest BCUT2D eigenvalue weighted by Crippen LogP contribution is 2.19. The molecule has 1 unspecified atom stereocenters. The van der Waals surface area contributed by atoms with E-state index in [4.69, 9.17) is 16.7 Å². The molecule has 17 heavy (non-hydrogen) atoms. The number of hydrogen-bond acceptors (Lipinski definition) is 3. The number of aliphatic carboxylic acids is 1. The molecule has 0 saturated carbocycles. The van der Waals surface area contributed by atoms with Crippen LogP contribution in [0.25, 0.3) is 0 Å². The van der Waals surface area contributed by atoms with Crippen LogP contribution in [-0.2, 0) is 11.2 Å². The molecule has 0 aliphatic carbocycles. The molecular formula is C12H13ClO4. The number of alkyl halides is 1. The summed E-state index contributed by atoms with van der Waals surface area (Å²) in [6, 6.07) is 4.49. The molecule has 1 aromatic rings. The van der Waals surface area contributed by atoms with Crippen molar-refractivity contribution in [3.8, 4) is 0 Å². The maximum atomic E-state index is 10.8. The number of aryl methyl sites for hydroxylation is 1. The first-order valence-electron chi connectivity index (χ1n) is 5.15. The van der Waals surface area contributed by atoms with Gasteiger partial charge in [-0.3, -0.25) is 4.79 Å². The SMILES string of the molecule is O=Cc1ccc(C(O)C(=O)O)cc1CCCCl. The van der Waals surface area contributed by atoms with E-state index < -0.39 is 12.1 Å². The topological polar surface area (TPSA) is 74.6 Å². The Hall–Kier alpha value is -1.39. The summed E-state index contributed by atoms with van der Waals surface area (Å²) in [4.78, 5) is 21.4. The lowest BCUT2D eigenvalue weighted by atomic mass is 9.98. The molecule has 1 atom stereocenters. The quantitative estimate of drug-likeness (QED) is 0.601. The van der Waals surface area contributed by atoms with Gasteiger partial charge in [0.05, 0.1) is 0 Å². The van der Waals surface area contributed by atoms with Gasteiger partial charge in [0.25, 0.3) is 0 Å². The van der Waals surface area contributed by atoms with Gasteiger partial charge >= 0.3 is 5.97 Å². The Bertz CT molecular complexity index is 417. The number of benzene rings is 1. The Labute approximate surface area is 104 Å². The first kappa shape index (κ1) is 13.7. The highest BCUT2D eigenvalue weighted by molar-refractivity contribution is 6.17. The lowest BCUT2D eigenvalue weighted by molar-refractivity contribution is -0.146. The van der Waals surface area contributed by atoms with E-state index in [0.29, 0.717) is 36.1 Å². The van der Waals surface area contributed by atoms with Crippen molar-refractivity contribution < 1.29 is 19.8 Å². The molecule has 0 radical (unpaired) electrons. The van der Waals surface area contributed by atoms with Gasteiger partial charge in [-0.15, -0.1) is 11.6 Å². The number of rotatable bonds is 6. The maximum Gasteiger partial charge on any atom is 0.337 e. The van der Waals surface area contributed by atoms with Crippen LogP contribution < -0.4 is 0 Å². The molecule has 5 heteroatoms. The standard InChI is InChI=1S/C12H13ClO4/c13-5-1-2-8-6-9(11(15)12(16)17)3-4-10(8)7-14/h3-4,6-7,11,15H,1-2,5H2,(H,16,17). The number of aliphatic hydroxyl groups excluding tert-OH is 1. The zero-order valence-electron chi connectivity index (χ0n) is 9.10. The number of carbonyl (C=O) groups is 2. The Balaban J connectivity index is 3.03. The van der Waals surface area contributed by atoms with Gasteiger partial charge in [-0.2, -0.15) is 0 Å². The van der Waals surface area contributed by atoms with Crippen molar-refractivity contribution in [3.05, 3.63) is 34.9 Å². The molecule has 0 aromatic heterocycles. The molecule has 1 aromatic carbocycles. The summed E-state index contributed by atoms with van der Waals surface area (Å²) >= 11 is 5.57. The van der Waals surface area contributed by atoms with Crippen molar-refractivity contribution in [2.75, 3.05) is 5.88 Å². The molecule has 0 fully saturated rings. The Morgan fingerprint density at radius 3 is 2.71 bits per heavy atom. The summed E-state index contributed by atoms with van der Waals surface area (Å²) in [5.74, 6) is -0.851. The third kappa shape index (κ3) is 3.54. The van der Waals surface area contributed by atoms with E-state index >= 15 is 0 Å². The van der Waals surface area contributed by atoms with Crippen LogP contribution in [0.15, 0.2) is 18.2 Å². The van der Waals surface area contributed by atoms with Gasteiger partial charge in [0.2, 0.25) is 0 Å². The summed E-state index contributed by atoms with van der Waals surface area (Å²) in [6.07, 6.45) is 0.415. The van der Waals surface area contributed by atoms with Crippen molar-refractivity contribution in [2.45, 2.75) is 18.9 Å². The molecule has 1 rings (SSSR count). The second-order valence-electron chi connectivity index (χ2n) is 3.61. The largest absolute Gasteiger partial charge is 0.479 e. The molecule has 0 aliphatic heterocycles. The van der Waals surface area contributed by atoms with Crippen LogP contribution in [-0.4, -0.2) is 28.3 Å². The van der Waals surface area contributed by atoms with Crippen molar-refractivity contribution >= 4 is 23.9 Å². The number of aliphatic hydroxyl groups is 1. The van der Waals surface area contributed by atoms with E-state index in [1.807, 2.05) is 0 Å². The van der Waals surface area contributed by atoms with Crippen LogP contribution in [0.2, 0.25) is 0 Å². The molecule has 2 N–H and O–H groups in total. The molecule has 0 heterocycles. The minimum atomic E-state index is -1.56. The number of halogens is 1. The number of carboxylic acid groups (broad SMARTS) is 1. The summed E-state index contributed by atoms with van der Waals surface area (Å²) in [7, 11) is 0. The van der Waals surface area contributed by atoms with E-state index in [1.165, 1.54) is 18.2 Å². The third-order valence-corrected chi connectivity index (χ3v) is 2.69. The fourth-order valence-electron chi connectivity index (χ4n) is 1.53. The summed E-state index contributed by atoms with van der Waals surface area (Å²) in [6.45, 7) is 0. The van der Waals surface area contributed by atoms with Gasteiger partial charge in [-0.25, -0.2) is 4.79 Å². The maximum absolute atomic E-state index is 10.8. The normalized spacial score (nSPS) is 12.1. The van der Waals surface area contributed by atoms with E-state index in [1.54, 1.807) is 0 Å². The van der Waals surface area contributed by atoms with Crippen LogP contribution >= 0.6 is 11.6 Å². The van der Waals surface area contributed by atoms with Gasteiger partial charge in [0, 0.05) is 11.4 Å². The van der Waals surface area contributed by atoms with Gasteiger partial charge in [0.1, 0.15) is 6.29 Å². The first-order chi connectivity index (χ1) is 8.10. The Morgan fingerprint density at radius 2 is 2.18 bits per heavy atom. The van der Waals surface area contributed by atoms with Gasteiger partial charge < -0.3 is 10.2 Å². The van der Waals surface area contributed by atoms with Crippen molar-refractivity contribution in [2.24, 2.45) is 0 Å². The fraction of sp³-hybridized carbons (Fsp3) is 0.333. The van der Waals surface area contributed by atoms with Crippen LogP contribution in [0.1, 0.15) is 34.0 Å². The first-order valence-corrected chi connectivity index (χ1v) is 5.68. The molecule has 92 valence electrons. The molecule has 0 saturated heterocycles. The summed E-state index contributed by atoms with van der Waals surface area (Å²) in [5.41, 5.74) is 1.47. The molecular weight excluding hydrogens is 244 g/mol. The van der Waals surface area contributed by atoms with Crippen molar-refractivity contribution in [3.63, 3.8) is 0 Å². The van der Waals surface area contributed by atoms with Gasteiger partial charge in [-0.1, -0.05) is 18.2 Å². The summed E-state index contributed by atoms with van der Waals surface area (Å²) in [5, 5.41) is 18.1. The van der Waals surface area contributed by atoms with Crippen LogP contribution in [0, 0.1) is 0 Å². The molecule has 0 bridgehead atoms. The molecule has 0 aliphatic rings. The average Bonchev–Trinajstić information content (AvgIpc) is 2.34. The van der Waals surface area contributed by atoms with E-state index in [0.717, 1.165) is 0 Å². The fourth-order valence-corrected chi connectivity index (χ4v) is 1.66. The predicted molar refractivity (Wildman–Crippen MR) is 63.5 cm³/mol. The predicted octanol–water partition coefficient (Wildman–Crippen LogP) is 1.79. The van der Waals surface area contributed by atoms with Crippen molar-refractivity contribution in [1.29, 1.82) is 0 Å². The number of aldehydes is 1. The molecule has 0 amide bonds. The lowest BCUT2D eigenvalue weighted by Crippen LogP contribution is -2.11. The minimum absolute atomic E-state index is 0.271. The van der Waals surface area contributed by atoms with Gasteiger partial charge in [-0.05, 0) is 24.0 Å². The number of hydrogen-bond donors (Lipinski definition) is 2. The number of carbonyl (C=O) groups excluding carboxylic acids is 1. The third-order valence-electron chi connectivity index (χ3n) is 2.42. The summed E-state index contributed by atoms with van der Waals surface area (Å²) < 4.78 is 0. The second kappa shape index (κ2) is 6.37. The minimum Gasteiger partial charge on any atom is -0.479 e. The van der Waals surface area contributed by atoms with Crippen LogP contribution in [0.4, 0.5) is 0 Å². The van der Waals surface area contributed by atoms with Crippen LogP contribution in [0.5, 0.6) is 0 Å².